The quantitative estimate of drug-likeness (QED) is 0.533. The van der Waals surface area contributed by atoms with Crippen LogP contribution >= 0.6 is 11.8 Å². The molecule has 3 nitrogen and oxygen atoms in total. The highest BCUT2D eigenvalue weighted by Gasteiger charge is 2.30. The van der Waals surface area contributed by atoms with Gasteiger partial charge in [0.2, 0.25) is 0 Å². The first-order chi connectivity index (χ1) is 11.5. The molecule has 0 heterocycles. The van der Waals surface area contributed by atoms with Gasteiger partial charge in [0.05, 0.1) is 0 Å². The lowest BCUT2D eigenvalue weighted by molar-refractivity contribution is -0.137. The SMILES string of the molecule is C[Si](CCCSCC(N)C(=O)O)(c1ccccc1)c1ccccc1. The van der Waals surface area contributed by atoms with Gasteiger partial charge in [0.1, 0.15) is 14.1 Å². The van der Waals surface area contributed by atoms with Crippen LogP contribution in [0, 0.1) is 0 Å². The van der Waals surface area contributed by atoms with Crippen molar-refractivity contribution in [3.63, 3.8) is 0 Å². The molecule has 24 heavy (non-hydrogen) atoms. The van der Waals surface area contributed by atoms with E-state index in [0.717, 1.165) is 18.2 Å². The third-order valence-electron chi connectivity index (χ3n) is 4.40. The van der Waals surface area contributed by atoms with Crippen LogP contribution in [-0.2, 0) is 4.79 Å². The molecule has 0 aliphatic carbocycles. The van der Waals surface area contributed by atoms with Gasteiger partial charge in [-0.25, -0.2) is 0 Å². The minimum Gasteiger partial charge on any atom is -0.480 e. The number of rotatable bonds is 9. The van der Waals surface area contributed by atoms with E-state index in [9.17, 15) is 4.79 Å². The smallest absolute Gasteiger partial charge is 0.321 e. The summed E-state index contributed by atoms with van der Waals surface area (Å²) in [6, 6.07) is 21.9. The van der Waals surface area contributed by atoms with Gasteiger partial charge < -0.3 is 10.8 Å². The Labute approximate surface area is 149 Å². The van der Waals surface area contributed by atoms with Crippen LogP contribution in [-0.4, -0.2) is 36.7 Å². The molecule has 0 saturated heterocycles. The number of hydrogen-bond donors (Lipinski definition) is 2. The summed E-state index contributed by atoms with van der Waals surface area (Å²) in [5.41, 5.74) is 5.55. The minimum atomic E-state index is -1.76. The van der Waals surface area contributed by atoms with Gasteiger partial charge in [-0.1, -0.05) is 77.6 Å². The Bertz CT molecular complexity index is 597. The maximum Gasteiger partial charge on any atom is 0.321 e. The number of nitrogens with two attached hydrogens (primary N) is 1. The fourth-order valence-electron chi connectivity index (χ4n) is 2.88. The molecule has 0 fully saturated rings. The molecular formula is C19H25NO2SSi. The molecule has 128 valence electrons. The number of carboxylic acid groups (broad SMARTS) is 1. The lowest BCUT2D eigenvalue weighted by atomic mass is 10.4. The fourth-order valence-corrected chi connectivity index (χ4v) is 7.70. The topological polar surface area (TPSA) is 63.3 Å². The predicted molar refractivity (Wildman–Crippen MR) is 106 cm³/mol. The lowest BCUT2D eigenvalue weighted by Gasteiger charge is -2.29. The Hall–Kier alpha value is -1.56. The molecular weight excluding hydrogens is 334 g/mol. The largest absolute Gasteiger partial charge is 0.480 e. The summed E-state index contributed by atoms with van der Waals surface area (Å²) >= 11 is 1.64. The van der Waals surface area contributed by atoms with Crippen LogP contribution in [0.1, 0.15) is 6.42 Å². The van der Waals surface area contributed by atoms with Crippen LogP contribution in [0.2, 0.25) is 12.6 Å². The predicted octanol–water partition coefficient (Wildman–Crippen LogP) is 2.41. The summed E-state index contributed by atoms with van der Waals surface area (Å²) in [6.45, 7) is 2.42. The summed E-state index contributed by atoms with van der Waals surface area (Å²) in [5.74, 6) is 0.503. The number of carbonyl (C=O) groups is 1. The average Bonchev–Trinajstić information content (AvgIpc) is 2.62. The number of aliphatic carboxylic acids is 1. The van der Waals surface area contributed by atoms with Crippen molar-refractivity contribution in [1.82, 2.24) is 0 Å². The van der Waals surface area contributed by atoms with Gasteiger partial charge in [0.15, 0.2) is 0 Å². The van der Waals surface area contributed by atoms with E-state index in [1.54, 1.807) is 11.8 Å². The first-order valence-corrected chi connectivity index (χ1v) is 12.1. The zero-order valence-electron chi connectivity index (χ0n) is 14.0. The highest BCUT2D eigenvalue weighted by Crippen LogP contribution is 2.16. The molecule has 0 radical (unpaired) electrons. The van der Waals surface area contributed by atoms with E-state index < -0.39 is 20.1 Å². The minimum absolute atomic E-state index is 0.476. The number of benzene rings is 2. The molecule has 0 bridgehead atoms. The van der Waals surface area contributed by atoms with Crippen molar-refractivity contribution in [2.24, 2.45) is 5.73 Å². The van der Waals surface area contributed by atoms with Crippen molar-refractivity contribution in [3.05, 3.63) is 60.7 Å². The van der Waals surface area contributed by atoms with Gasteiger partial charge in [-0.3, -0.25) is 4.79 Å². The molecule has 1 unspecified atom stereocenters. The Morgan fingerprint density at radius 1 is 1.08 bits per heavy atom. The standard InChI is InChI=1S/C19H25NO2SSi/c1-24(16-9-4-2-5-10-16,17-11-6-3-7-12-17)14-8-13-23-15-18(20)19(21)22/h2-7,9-12,18H,8,13-15,20H2,1H3,(H,21,22). The van der Waals surface area contributed by atoms with Crippen molar-refractivity contribution in [2.75, 3.05) is 11.5 Å². The van der Waals surface area contributed by atoms with Crippen LogP contribution in [0.5, 0.6) is 0 Å². The summed E-state index contributed by atoms with van der Waals surface area (Å²) < 4.78 is 0. The van der Waals surface area contributed by atoms with Gasteiger partial charge in [-0.05, 0) is 18.2 Å². The highest BCUT2D eigenvalue weighted by atomic mass is 32.2. The van der Waals surface area contributed by atoms with Crippen LogP contribution in [0.4, 0.5) is 0 Å². The first-order valence-electron chi connectivity index (χ1n) is 8.21. The lowest BCUT2D eigenvalue weighted by Crippen LogP contribution is -2.55. The molecule has 0 spiro atoms. The van der Waals surface area contributed by atoms with E-state index in [0.29, 0.717) is 5.75 Å². The van der Waals surface area contributed by atoms with E-state index in [-0.39, 0.29) is 0 Å². The van der Waals surface area contributed by atoms with Crippen molar-refractivity contribution < 1.29 is 9.90 Å². The molecule has 0 amide bonds. The second-order valence-electron chi connectivity index (χ2n) is 6.19. The molecule has 5 heteroatoms. The number of hydrogen-bond acceptors (Lipinski definition) is 3. The molecule has 3 N–H and O–H groups in total. The molecule has 2 aromatic rings. The Balaban J connectivity index is 2.02. The molecule has 0 aliphatic rings. The number of thioether (sulfide) groups is 1. The zero-order valence-corrected chi connectivity index (χ0v) is 15.8. The Morgan fingerprint density at radius 3 is 2.04 bits per heavy atom. The molecule has 1 atom stereocenters. The van der Waals surface area contributed by atoms with Crippen LogP contribution in [0.25, 0.3) is 0 Å². The molecule has 0 aliphatic heterocycles. The van der Waals surface area contributed by atoms with Crippen molar-refractivity contribution in [3.8, 4) is 0 Å². The summed E-state index contributed by atoms with van der Waals surface area (Å²) in [5, 5.41) is 11.7. The van der Waals surface area contributed by atoms with Crippen LogP contribution < -0.4 is 16.1 Å². The Morgan fingerprint density at radius 2 is 1.58 bits per heavy atom. The van der Waals surface area contributed by atoms with Gasteiger partial charge in [0, 0.05) is 5.75 Å². The molecule has 2 aromatic carbocycles. The molecule has 2 rings (SSSR count). The fraction of sp³-hybridized carbons (Fsp3) is 0.316. The monoisotopic (exact) mass is 359 g/mol. The second-order valence-corrected chi connectivity index (χ2v) is 11.7. The van der Waals surface area contributed by atoms with Crippen molar-refractivity contribution in [2.45, 2.75) is 25.1 Å². The molecule has 0 saturated carbocycles. The van der Waals surface area contributed by atoms with Gasteiger partial charge >= 0.3 is 5.97 Å². The van der Waals surface area contributed by atoms with E-state index in [1.807, 2.05) is 0 Å². The van der Waals surface area contributed by atoms with E-state index >= 15 is 0 Å². The first kappa shape index (κ1) is 18.8. The maximum atomic E-state index is 10.8. The summed E-state index contributed by atoms with van der Waals surface area (Å²) in [4.78, 5) is 10.8. The van der Waals surface area contributed by atoms with Crippen LogP contribution in [0.15, 0.2) is 60.7 Å². The van der Waals surface area contributed by atoms with Gasteiger partial charge in [-0.2, -0.15) is 11.8 Å². The molecule has 0 aromatic heterocycles. The van der Waals surface area contributed by atoms with Gasteiger partial charge in [0.25, 0.3) is 0 Å². The zero-order chi connectivity index (χ0) is 17.4. The van der Waals surface area contributed by atoms with Crippen LogP contribution in [0.3, 0.4) is 0 Å². The van der Waals surface area contributed by atoms with Gasteiger partial charge in [-0.15, -0.1) is 0 Å². The third-order valence-corrected chi connectivity index (χ3v) is 10.1. The number of carboxylic acids is 1. The maximum absolute atomic E-state index is 10.8. The Kier molecular flexibility index (Phi) is 7.09. The highest BCUT2D eigenvalue weighted by molar-refractivity contribution is 7.99. The normalized spacial score (nSPS) is 12.8. The summed E-state index contributed by atoms with van der Waals surface area (Å²) in [7, 11) is -1.76. The van der Waals surface area contributed by atoms with E-state index in [4.69, 9.17) is 10.8 Å². The second kappa shape index (κ2) is 9.06. The van der Waals surface area contributed by atoms with E-state index in [2.05, 4.69) is 67.2 Å². The summed E-state index contributed by atoms with van der Waals surface area (Å²) in [6.07, 6.45) is 1.07. The third kappa shape index (κ3) is 4.96. The van der Waals surface area contributed by atoms with Crippen molar-refractivity contribution in [1.29, 1.82) is 0 Å². The van der Waals surface area contributed by atoms with Crippen molar-refractivity contribution >= 4 is 36.2 Å². The average molecular weight is 360 g/mol. The van der Waals surface area contributed by atoms with E-state index in [1.165, 1.54) is 10.4 Å².